The highest BCUT2D eigenvalue weighted by molar-refractivity contribution is 5.75. The third-order valence-corrected chi connectivity index (χ3v) is 3.82. The normalized spacial score (nSPS) is 15.0. The maximum Gasteiger partial charge on any atom is 0.408 e. The van der Waals surface area contributed by atoms with Crippen molar-refractivity contribution in [2.45, 2.75) is 51.7 Å². The van der Waals surface area contributed by atoms with E-state index in [2.05, 4.69) is 11.9 Å². The summed E-state index contributed by atoms with van der Waals surface area (Å²) in [4.78, 5) is 24.0. The lowest BCUT2D eigenvalue weighted by Crippen LogP contribution is -2.57. The molecule has 0 aliphatic heterocycles. The van der Waals surface area contributed by atoms with Gasteiger partial charge in [-0.05, 0) is 46.1 Å². The van der Waals surface area contributed by atoms with Crippen LogP contribution in [0.1, 0.15) is 39.7 Å². The molecule has 5 heteroatoms. The maximum absolute atomic E-state index is 12.3. The highest BCUT2D eigenvalue weighted by Gasteiger charge is 2.41. The second-order valence-corrected chi connectivity index (χ2v) is 7.00. The van der Waals surface area contributed by atoms with Gasteiger partial charge in [0.1, 0.15) is 5.60 Å². The van der Waals surface area contributed by atoms with E-state index in [-0.39, 0.29) is 0 Å². The van der Waals surface area contributed by atoms with E-state index in [9.17, 15) is 14.7 Å². The van der Waals surface area contributed by atoms with E-state index in [1.807, 2.05) is 30.3 Å². The smallest absolute Gasteiger partial charge is 0.408 e. The van der Waals surface area contributed by atoms with E-state index in [0.29, 0.717) is 12.8 Å². The number of alkyl carbamates (subject to hydrolysis) is 1. The lowest BCUT2D eigenvalue weighted by molar-refractivity contribution is -0.144. The number of ether oxygens (including phenoxy) is 1. The molecule has 1 amide bonds. The predicted octanol–water partition coefficient (Wildman–Crippen LogP) is 3.79. The van der Waals surface area contributed by atoms with Crippen molar-refractivity contribution in [1.29, 1.82) is 0 Å². The number of hydrogen-bond acceptors (Lipinski definition) is 3. The first kappa shape index (κ1) is 19.7. The Hall–Kier alpha value is -2.30. The first-order chi connectivity index (χ1) is 11.1. The van der Waals surface area contributed by atoms with Gasteiger partial charge in [0, 0.05) is 0 Å². The monoisotopic (exact) mass is 333 g/mol. The van der Waals surface area contributed by atoms with Gasteiger partial charge in [-0.2, -0.15) is 0 Å². The number of hydrogen-bond donors (Lipinski definition) is 2. The SMILES string of the molecule is C=CCC(Cc1ccccc1)(NC(=O)OC(C)(C)C)[C@H](C)C(=O)O. The molecular formula is C19H27NO4. The highest BCUT2D eigenvalue weighted by Crippen LogP contribution is 2.28. The summed E-state index contributed by atoms with van der Waals surface area (Å²) in [5, 5.41) is 12.3. The molecule has 1 aromatic carbocycles. The number of carbonyl (C=O) groups is 2. The van der Waals surface area contributed by atoms with Crippen LogP contribution in [0.5, 0.6) is 0 Å². The van der Waals surface area contributed by atoms with E-state index in [1.54, 1.807) is 33.8 Å². The largest absolute Gasteiger partial charge is 0.481 e. The standard InChI is InChI=1S/C19H27NO4/c1-6-12-19(14(2)16(21)22,13-15-10-8-7-9-11-15)20-17(23)24-18(3,4)5/h6-11,14H,1,12-13H2,2-5H3,(H,20,23)(H,21,22)/t14-,19?/m1/s1. The molecule has 24 heavy (non-hydrogen) atoms. The molecule has 0 heterocycles. The average Bonchev–Trinajstić information content (AvgIpc) is 2.45. The summed E-state index contributed by atoms with van der Waals surface area (Å²) < 4.78 is 5.33. The Balaban J connectivity index is 3.18. The topological polar surface area (TPSA) is 75.6 Å². The molecule has 1 rings (SSSR count). The van der Waals surface area contributed by atoms with Crippen LogP contribution in [0.3, 0.4) is 0 Å². The minimum absolute atomic E-state index is 0.314. The van der Waals surface area contributed by atoms with Gasteiger partial charge in [-0.3, -0.25) is 4.79 Å². The lowest BCUT2D eigenvalue weighted by Gasteiger charge is -2.38. The highest BCUT2D eigenvalue weighted by atomic mass is 16.6. The molecule has 0 saturated carbocycles. The Labute approximate surface area is 143 Å². The Kier molecular flexibility index (Phi) is 6.58. The van der Waals surface area contributed by atoms with Gasteiger partial charge in [-0.1, -0.05) is 36.4 Å². The molecule has 0 fully saturated rings. The van der Waals surface area contributed by atoms with Crippen LogP contribution >= 0.6 is 0 Å². The summed E-state index contributed by atoms with van der Waals surface area (Å²) in [6.45, 7) is 10.6. The fraction of sp³-hybridized carbons (Fsp3) is 0.474. The number of benzene rings is 1. The first-order valence-corrected chi connectivity index (χ1v) is 7.98. The van der Waals surface area contributed by atoms with E-state index in [4.69, 9.17) is 4.74 Å². The summed E-state index contributed by atoms with van der Waals surface area (Å²) >= 11 is 0. The van der Waals surface area contributed by atoms with Gasteiger partial charge in [-0.25, -0.2) is 4.79 Å². The van der Waals surface area contributed by atoms with Gasteiger partial charge in [0.05, 0.1) is 11.5 Å². The Morgan fingerprint density at radius 1 is 1.29 bits per heavy atom. The number of carboxylic acid groups (broad SMARTS) is 1. The third-order valence-electron chi connectivity index (χ3n) is 3.82. The quantitative estimate of drug-likeness (QED) is 0.744. The zero-order valence-corrected chi connectivity index (χ0v) is 14.8. The molecule has 0 spiro atoms. The molecule has 1 aromatic rings. The third kappa shape index (κ3) is 5.72. The summed E-state index contributed by atoms with van der Waals surface area (Å²) in [6, 6.07) is 9.47. The Morgan fingerprint density at radius 2 is 1.88 bits per heavy atom. The zero-order valence-electron chi connectivity index (χ0n) is 14.8. The van der Waals surface area contributed by atoms with Crippen molar-refractivity contribution in [2.75, 3.05) is 0 Å². The molecule has 2 N–H and O–H groups in total. The van der Waals surface area contributed by atoms with Crippen LogP contribution in [0.2, 0.25) is 0 Å². The molecular weight excluding hydrogens is 306 g/mol. The van der Waals surface area contributed by atoms with Crippen LogP contribution < -0.4 is 5.32 Å². The summed E-state index contributed by atoms with van der Waals surface area (Å²) in [5.41, 5.74) is -0.746. The van der Waals surface area contributed by atoms with Crippen molar-refractivity contribution < 1.29 is 19.4 Å². The number of carbonyl (C=O) groups excluding carboxylic acids is 1. The van der Waals surface area contributed by atoms with Crippen LogP contribution in [0, 0.1) is 5.92 Å². The van der Waals surface area contributed by atoms with Gasteiger partial charge in [0.15, 0.2) is 0 Å². The second kappa shape index (κ2) is 7.99. The van der Waals surface area contributed by atoms with Crippen LogP contribution in [0.4, 0.5) is 4.79 Å². The van der Waals surface area contributed by atoms with Crippen LogP contribution in [0.15, 0.2) is 43.0 Å². The Bertz CT molecular complexity index is 577. The van der Waals surface area contributed by atoms with Gasteiger partial charge < -0.3 is 15.2 Å². The van der Waals surface area contributed by atoms with E-state index in [0.717, 1.165) is 5.56 Å². The van der Waals surface area contributed by atoms with E-state index >= 15 is 0 Å². The summed E-state index contributed by atoms with van der Waals surface area (Å²) in [5.74, 6) is -1.80. The van der Waals surface area contributed by atoms with E-state index in [1.165, 1.54) is 0 Å². The fourth-order valence-electron chi connectivity index (χ4n) is 2.57. The number of nitrogens with one attached hydrogen (secondary N) is 1. The molecule has 132 valence electrons. The maximum atomic E-state index is 12.3. The zero-order chi connectivity index (χ0) is 18.4. The van der Waals surface area contributed by atoms with Crippen LogP contribution in [-0.4, -0.2) is 28.3 Å². The predicted molar refractivity (Wildman–Crippen MR) is 93.9 cm³/mol. The second-order valence-electron chi connectivity index (χ2n) is 7.00. The Morgan fingerprint density at radius 3 is 2.33 bits per heavy atom. The summed E-state index contributed by atoms with van der Waals surface area (Å²) in [7, 11) is 0. The lowest BCUT2D eigenvalue weighted by atomic mass is 9.77. The molecule has 0 aliphatic rings. The minimum atomic E-state index is -1.02. The number of carboxylic acids is 1. The average molecular weight is 333 g/mol. The van der Waals surface area contributed by atoms with Crippen molar-refractivity contribution in [3.05, 3.63) is 48.6 Å². The molecule has 0 radical (unpaired) electrons. The van der Waals surface area contributed by atoms with Gasteiger partial charge >= 0.3 is 12.1 Å². The van der Waals surface area contributed by atoms with Crippen molar-refractivity contribution in [2.24, 2.45) is 5.92 Å². The molecule has 0 saturated heterocycles. The van der Waals surface area contributed by atoms with Gasteiger partial charge in [-0.15, -0.1) is 6.58 Å². The van der Waals surface area contributed by atoms with Crippen molar-refractivity contribution in [3.63, 3.8) is 0 Å². The molecule has 0 bridgehead atoms. The molecule has 0 aromatic heterocycles. The molecule has 5 nitrogen and oxygen atoms in total. The number of aliphatic carboxylic acids is 1. The van der Waals surface area contributed by atoms with Gasteiger partial charge in [0.2, 0.25) is 0 Å². The molecule has 1 unspecified atom stereocenters. The van der Waals surface area contributed by atoms with Crippen molar-refractivity contribution in [3.8, 4) is 0 Å². The fourth-order valence-corrected chi connectivity index (χ4v) is 2.57. The van der Waals surface area contributed by atoms with Crippen LogP contribution in [0.25, 0.3) is 0 Å². The van der Waals surface area contributed by atoms with E-state index < -0.39 is 29.1 Å². The summed E-state index contributed by atoms with van der Waals surface area (Å²) in [6.07, 6.45) is 1.68. The molecule has 0 aliphatic carbocycles. The molecule has 2 atom stereocenters. The van der Waals surface area contributed by atoms with Crippen molar-refractivity contribution >= 4 is 12.1 Å². The number of rotatable bonds is 7. The minimum Gasteiger partial charge on any atom is -0.481 e. The van der Waals surface area contributed by atoms with Crippen LogP contribution in [-0.2, 0) is 16.0 Å². The van der Waals surface area contributed by atoms with Gasteiger partial charge in [0.25, 0.3) is 0 Å². The first-order valence-electron chi connectivity index (χ1n) is 7.98. The van der Waals surface area contributed by atoms with Crippen molar-refractivity contribution in [1.82, 2.24) is 5.32 Å². The number of amides is 1.